The van der Waals surface area contributed by atoms with Crippen molar-refractivity contribution in [3.8, 4) is 12.1 Å². The SMILES string of the molecule is Cl.Cl.N#C[C@@H]1CCNC[C@@H]1F.N#C[C@H]1CCNC[C@H]1F. The summed E-state index contributed by atoms with van der Waals surface area (Å²) in [6, 6.07) is 3.88. The van der Waals surface area contributed by atoms with E-state index in [1.54, 1.807) is 0 Å². The maximum absolute atomic E-state index is 12.6. The number of alkyl halides is 2. The number of nitrogens with one attached hydrogen (secondary N) is 2. The van der Waals surface area contributed by atoms with E-state index in [2.05, 4.69) is 10.6 Å². The van der Waals surface area contributed by atoms with Crippen LogP contribution in [-0.4, -0.2) is 38.5 Å². The minimum absolute atomic E-state index is 0. The second-order valence-corrected chi connectivity index (χ2v) is 4.49. The first kappa shape index (κ1) is 21.6. The molecule has 2 aliphatic rings. The van der Waals surface area contributed by atoms with Crippen molar-refractivity contribution in [2.45, 2.75) is 25.2 Å². The molecule has 4 atom stereocenters. The van der Waals surface area contributed by atoms with Crippen LogP contribution in [0.1, 0.15) is 12.8 Å². The van der Waals surface area contributed by atoms with Gasteiger partial charge in [0.2, 0.25) is 0 Å². The average Bonchev–Trinajstić information content (AvgIpc) is 2.41. The van der Waals surface area contributed by atoms with Gasteiger partial charge in [-0.1, -0.05) is 0 Å². The summed E-state index contributed by atoms with van der Waals surface area (Å²) in [5.74, 6) is -0.738. The van der Waals surface area contributed by atoms with Crippen molar-refractivity contribution in [1.82, 2.24) is 10.6 Å². The Bertz CT molecular complexity index is 300. The number of hydrogen-bond donors (Lipinski definition) is 2. The van der Waals surface area contributed by atoms with E-state index in [9.17, 15) is 8.78 Å². The third-order valence-electron chi connectivity index (χ3n) is 3.15. The third-order valence-corrected chi connectivity index (χ3v) is 3.15. The molecule has 2 heterocycles. The lowest BCUT2D eigenvalue weighted by atomic mass is 9.98. The molecule has 0 radical (unpaired) electrons. The molecule has 0 aromatic rings. The predicted molar refractivity (Wildman–Crippen MR) is 77.5 cm³/mol. The molecule has 0 bridgehead atoms. The molecule has 20 heavy (non-hydrogen) atoms. The van der Waals surface area contributed by atoms with Crippen LogP contribution in [0.5, 0.6) is 0 Å². The molecule has 0 aromatic heterocycles. The summed E-state index contributed by atoms with van der Waals surface area (Å²) in [7, 11) is 0. The van der Waals surface area contributed by atoms with Crippen molar-refractivity contribution in [2.24, 2.45) is 11.8 Å². The minimum atomic E-state index is -0.955. The summed E-state index contributed by atoms with van der Waals surface area (Å²) in [6.45, 7) is 2.24. The first-order chi connectivity index (χ1) is 8.69. The number of nitriles is 2. The minimum Gasteiger partial charge on any atom is -0.314 e. The normalized spacial score (nSPS) is 32.0. The van der Waals surface area contributed by atoms with Crippen molar-refractivity contribution in [1.29, 1.82) is 10.5 Å². The number of hydrogen-bond acceptors (Lipinski definition) is 4. The van der Waals surface area contributed by atoms with Gasteiger partial charge in [0.25, 0.3) is 0 Å². The molecule has 2 rings (SSSR count). The molecular formula is C12H20Cl2F2N4. The van der Waals surface area contributed by atoms with E-state index >= 15 is 0 Å². The van der Waals surface area contributed by atoms with E-state index in [4.69, 9.17) is 10.5 Å². The molecule has 2 N–H and O–H groups in total. The van der Waals surface area contributed by atoms with Gasteiger partial charge in [0.05, 0.1) is 24.0 Å². The van der Waals surface area contributed by atoms with Crippen LogP contribution in [0.25, 0.3) is 0 Å². The fourth-order valence-corrected chi connectivity index (χ4v) is 1.93. The average molecular weight is 329 g/mol. The second-order valence-electron chi connectivity index (χ2n) is 4.49. The summed E-state index contributed by atoms with van der Waals surface area (Å²) in [5, 5.41) is 22.4. The molecule has 2 saturated heterocycles. The molecule has 0 spiro atoms. The van der Waals surface area contributed by atoms with Gasteiger partial charge in [0.15, 0.2) is 0 Å². The third kappa shape index (κ3) is 7.21. The van der Waals surface area contributed by atoms with E-state index in [1.165, 1.54) is 0 Å². The van der Waals surface area contributed by atoms with Gasteiger partial charge < -0.3 is 10.6 Å². The van der Waals surface area contributed by atoms with Gasteiger partial charge in [-0.2, -0.15) is 10.5 Å². The lowest BCUT2D eigenvalue weighted by Crippen LogP contribution is -2.37. The van der Waals surface area contributed by atoms with Crippen molar-refractivity contribution < 1.29 is 8.78 Å². The largest absolute Gasteiger partial charge is 0.314 e. The Morgan fingerprint density at radius 3 is 1.35 bits per heavy atom. The lowest BCUT2D eigenvalue weighted by Gasteiger charge is -2.20. The molecular weight excluding hydrogens is 309 g/mol. The van der Waals surface area contributed by atoms with Crippen LogP contribution in [0.4, 0.5) is 8.78 Å². The number of nitrogens with zero attached hydrogens (tertiary/aromatic N) is 2. The van der Waals surface area contributed by atoms with Crippen molar-refractivity contribution >= 4 is 24.8 Å². The maximum Gasteiger partial charge on any atom is 0.128 e. The van der Waals surface area contributed by atoms with Gasteiger partial charge in [0.1, 0.15) is 12.3 Å². The molecule has 0 saturated carbocycles. The highest BCUT2D eigenvalue weighted by Crippen LogP contribution is 2.14. The molecule has 0 unspecified atom stereocenters. The van der Waals surface area contributed by atoms with Gasteiger partial charge in [-0.05, 0) is 25.9 Å². The van der Waals surface area contributed by atoms with Gasteiger partial charge in [-0.25, -0.2) is 8.78 Å². The van der Waals surface area contributed by atoms with E-state index < -0.39 is 12.3 Å². The highest BCUT2D eigenvalue weighted by molar-refractivity contribution is 5.85. The molecule has 2 fully saturated rings. The van der Waals surface area contributed by atoms with E-state index in [-0.39, 0.29) is 36.6 Å². The second kappa shape index (κ2) is 12.1. The molecule has 116 valence electrons. The summed E-state index contributed by atoms with van der Waals surface area (Å²) in [4.78, 5) is 0. The first-order valence-corrected chi connectivity index (χ1v) is 6.17. The standard InChI is InChI=1S/2C6H9FN2.2ClH/c2*7-6-4-9-2-1-5(6)3-8;;/h2*5-6,9H,1-2,4H2;2*1H/t2*5-,6-;;/m10../s1. The highest BCUT2D eigenvalue weighted by atomic mass is 35.5. The van der Waals surface area contributed by atoms with Crippen LogP contribution < -0.4 is 10.6 Å². The van der Waals surface area contributed by atoms with E-state index in [0.717, 1.165) is 13.1 Å². The van der Waals surface area contributed by atoms with Crippen molar-refractivity contribution in [3.05, 3.63) is 0 Å². The lowest BCUT2D eigenvalue weighted by molar-refractivity contribution is 0.218. The molecule has 2 aliphatic heterocycles. The summed E-state index contributed by atoms with van der Waals surface area (Å²) in [6.07, 6.45) is -0.609. The topological polar surface area (TPSA) is 71.6 Å². The summed E-state index contributed by atoms with van der Waals surface area (Å²) < 4.78 is 25.1. The fraction of sp³-hybridized carbons (Fsp3) is 0.833. The molecule has 8 heteroatoms. The van der Waals surface area contributed by atoms with Crippen LogP contribution in [0.2, 0.25) is 0 Å². The Labute approximate surface area is 130 Å². The molecule has 0 aliphatic carbocycles. The fourth-order valence-electron chi connectivity index (χ4n) is 1.93. The maximum atomic E-state index is 12.6. The molecule has 4 nitrogen and oxygen atoms in total. The number of piperidine rings is 2. The van der Waals surface area contributed by atoms with Crippen LogP contribution in [0.3, 0.4) is 0 Å². The number of rotatable bonds is 0. The van der Waals surface area contributed by atoms with E-state index in [0.29, 0.717) is 25.9 Å². The molecule has 0 aromatic carbocycles. The first-order valence-electron chi connectivity index (χ1n) is 6.17. The van der Waals surface area contributed by atoms with Crippen molar-refractivity contribution in [2.75, 3.05) is 26.2 Å². The quantitative estimate of drug-likeness (QED) is 0.710. The van der Waals surface area contributed by atoms with Crippen molar-refractivity contribution in [3.63, 3.8) is 0 Å². The Balaban J connectivity index is 0. The zero-order valence-corrected chi connectivity index (χ0v) is 12.7. The zero-order chi connectivity index (χ0) is 13.4. The van der Waals surface area contributed by atoms with Gasteiger partial charge in [-0.15, -0.1) is 24.8 Å². The van der Waals surface area contributed by atoms with Gasteiger partial charge in [-0.3, -0.25) is 0 Å². The van der Waals surface area contributed by atoms with Crippen LogP contribution in [0.15, 0.2) is 0 Å². The monoisotopic (exact) mass is 328 g/mol. The Kier molecular flexibility index (Phi) is 13.1. The Hall–Kier alpha value is -0.660. The zero-order valence-electron chi connectivity index (χ0n) is 11.0. The summed E-state index contributed by atoms with van der Waals surface area (Å²) >= 11 is 0. The Morgan fingerprint density at radius 2 is 1.15 bits per heavy atom. The van der Waals surface area contributed by atoms with Crippen LogP contribution >= 0.6 is 24.8 Å². The highest BCUT2D eigenvalue weighted by Gasteiger charge is 2.24. The van der Waals surface area contributed by atoms with Gasteiger partial charge >= 0.3 is 0 Å². The van der Waals surface area contributed by atoms with E-state index in [1.807, 2.05) is 12.1 Å². The number of halogens is 4. The molecule has 0 amide bonds. The Morgan fingerprint density at radius 1 is 0.800 bits per heavy atom. The summed E-state index contributed by atoms with van der Waals surface area (Å²) in [5.41, 5.74) is 0. The van der Waals surface area contributed by atoms with Gasteiger partial charge in [0, 0.05) is 13.1 Å². The van der Waals surface area contributed by atoms with Crippen LogP contribution in [-0.2, 0) is 0 Å². The smallest absolute Gasteiger partial charge is 0.128 e. The van der Waals surface area contributed by atoms with Crippen LogP contribution in [0, 0.1) is 34.5 Å². The predicted octanol–water partition coefficient (Wildman–Crippen LogP) is 1.76.